The molecule has 0 saturated heterocycles. The molecule has 114 valence electrons. The van der Waals surface area contributed by atoms with Crippen molar-refractivity contribution in [2.75, 3.05) is 0 Å². The third-order valence-corrected chi connectivity index (χ3v) is 4.31. The molecule has 0 aromatic heterocycles. The van der Waals surface area contributed by atoms with E-state index >= 15 is 0 Å². The van der Waals surface area contributed by atoms with Gasteiger partial charge in [-0.05, 0) is 35.7 Å². The Morgan fingerprint density at radius 3 is 2.50 bits per heavy atom. The van der Waals surface area contributed by atoms with Crippen molar-refractivity contribution in [2.24, 2.45) is 0 Å². The number of ether oxygens (including phenoxy) is 1. The Bertz CT molecular complexity index is 694. The van der Waals surface area contributed by atoms with Crippen LogP contribution in [0.3, 0.4) is 0 Å². The Morgan fingerprint density at radius 2 is 1.86 bits per heavy atom. The van der Waals surface area contributed by atoms with E-state index in [1.165, 1.54) is 0 Å². The molecular weight excluding hydrogens is 300 g/mol. The van der Waals surface area contributed by atoms with Gasteiger partial charge in [-0.1, -0.05) is 49.2 Å². The molecule has 2 aromatic rings. The van der Waals surface area contributed by atoms with Crippen LogP contribution in [0, 0.1) is 0 Å². The van der Waals surface area contributed by atoms with Crippen molar-refractivity contribution >= 4 is 17.6 Å². The van der Waals surface area contributed by atoms with E-state index in [2.05, 4.69) is 6.92 Å². The molecule has 0 saturated carbocycles. The number of carboxylic acids is 1. The predicted molar refractivity (Wildman–Crippen MR) is 86.6 cm³/mol. The molecule has 0 amide bonds. The van der Waals surface area contributed by atoms with Gasteiger partial charge in [0.15, 0.2) is 0 Å². The minimum absolute atomic E-state index is 0.0724. The summed E-state index contributed by atoms with van der Waals surface area (Å²) in [6.07, 6.45) is 0.955. The van der Waals surface area contributed by atoms with Gasteiger partial charge in [0.05, 0.1) is 0 Å². The SMILES string of the molecule is CCCC1c2ccc(-c3ccc(Cl)cc3)cc2OC1C(=O)O. The monoisotopic (exact) mass is 316 g/mol. The van der Waals surface area contributed by atoms with E-state index in [9.17, 15) is 9.90 Å². The number of hydrogen-bond donors (Lipinski definition) is 1. The lowest BCUT2D eigenvalue weighted by Crippen LogP contribution is -2.28. The fourth-order valence-corrected chi connectivity index (χ4v) is 3.11. The largest absolute Gasteiger partial charge is 0.478 e. The molecule has 0 bridgehead atoms. The van der Waals surface area contributed by atoms with Crippen LogP contribution in [-0.2, 0) is 4.79 Å². The highest BCUT2D eigenvalue weighted by molar-refractivity contribution is 6.30. The molecule has 1 N–H and O–H groups in total. The van der Waals surface area contributed by atoms with Crippen molar-refractivity contribution in [2.45, 2.75) is 31.8 Å². The Morgan fingerprint density at radius 1 is 1.18 bits per heavy atom. The summed E-state index contributed by atoms with van der Waals surface area (Å²) in [5.74, 6) is -0.294. The van der Waals surface area contributed by atoms with Crippen LogP contribution in [0.15, 0.2) is 42.5 Å². The van der Waals surface area contributed by atoms with Gasteiger partial charge in [0.25, 0.3) is 0 Å². The minimum Gasteiger partial charge on any atom is -0.478 e. The average molecular weight is 317 g/mol. The van der Waals surface area contributed by atoms with Crippen molar-refractivity contribution in [3.63, 3.8) is 0 Å². The zero-order valence-corrected chi connectivity index (χ0v) is 13.0. The third-order valence-electron chi connectivity index (χ3n) is 4.05. The van der Waals surface area contributed by atoms with Gasteiger partial charge < -0.3 is 9.84 Å². The summed E-state index contributed by atoms with van der Waals surface area (Å²) in [4.78, 5) is 11.4. The van der Waals surface area contributed by atoms with Crippen molar-refractivity contribution in [1.82, 2.24) is 0 Å². The van der Waals surface area contributed by atoms with Crippen LogP contribution in [0.2, 0.25) is 5.02 Å². The quantitative estimate of drug-likeness (QED) is 0.886. The van der Waals surface area contributed by atoms with Gasteiger partial charge in [-0.2, -0.15) is 0 Å². The molecule has 3 nitrogen and oxygen atoms in total. The van der Waals surface area contributed by atoms with Crippen LogP contribution in [0.5, 0.6) is 5.75 Å². The first kappa shape index (κ1) is 14.9. The fourth-order valence-electron chi connectivity index (χ4n) is 2.99. The minimum atomic E-state index is -0.900. The van der Waals surface area contributed by atoms with Crippen LogP contribution < -0.4 is 4.74 Å². The van der Waals surface area contributed by atoms with E-state index in [4.69, 9.17) is 16.3 Å². The lowest BCUT2D eigenvalue weighted by Gasteiger charge is -2.13. The highest BCUT2D eigenvalue weighted by atomic mass is 35.5. The molecule has 22 heavy (non-hydrogen) atoms. The van der Waals surface area contributed by atoms with Crippen LogP contribution >= 0.6 is 11.6 Å². The molecule has 2 atom stereocenters. The second-order valence-corrected chi connectivity index (χ2v) is 5.97. The van der Waals surface area contributed by atoms with Crippen LogP contribution in [-0.4, -0.2) is 17.2 Å². The molecule has 0 spiro atoms. The third kappa shape index (κ3) is 2.69. The van der Waals surface area contributed by atoms with Crippen LogP contribution in [0.1, 0.15) is 31.2 Å². The molecule has 1 heterocycles. The second-order valence-electron chi connectivity index (χ2n) is 5.53. The molecule has 0 aliphatic carbocycles. The molecule has 1 aliphatic heterocycles. The Hall–Kier alpha value is -2.00. The smallest absolute Gasteiger partial charge is 0.345 e. The molecule has 0 radical (unpaired) electrons. The van der Waals surface area contributed by atoms with Gasteiger partial charge in [0.1, 0.15) is 5.75 Å². The molecule has 0 fully saturated rings. The maximum atomic E-state index is 11.4. The highest BCUT2D eigenvalue weighted by Gasteiger charge is 2.38. The van der Waals surface area contributed by atoms with Crippen molar-refractivity contribution in [1.29, 1.82) is 0 Å². The zero-order valence-electron chi connectivity index (χ0n) is 12.3. The summed E-state index contributed by atoms with van der Waals surface area (Å²) in [5.41, 5.74) is 3.02. The van der Waals surface area contributed by atoms with Crippen molar-refractivity contribution in [3.05, 3.63) is 53.1 Å². The molecule has 1 aliphatic rings. The van der Waals surface area contributed by atoms with E-state index in [-0.39, 0.29) is 5.92 Å². The molecule has 3 rings (SSSR count). The van der Waals surface area contributed by atoms with Crippen LogP contribution in [0.4, 0.5) is 0 Å². The average Bonchev–Trinajstić information content (AvgIpc) is 2.87. The topological polar surface area (TPSA) is 46.5 Å². The highest BCUT2D eigenvalue weighted by Crippen LogP contribution is 2.43. The van der Waals surface area contributed by atoms with E-state index < -0.39 is 12.1 Å². The molecule has 4 heteroatoms. The Balaban J connectivity index is 1.97. The molecule has 2 aromatic carbocycles. The van der Waals surface area contributed by atoms with Gasteiger partial charge in [0.2, 0.25) is 6.10 Å². The van der Waals surface area contributed by atoms with Gasteiger partial charge in [-0.15, -0.1) is 0 Å². The standard InChI is InChI=1S/C18H17ClO3/c1-2-3-15-14-9-6-12(11-4-7-13(19)8-5-11)10-16(14)22-17(15)18(20)21/h4-10,15,17H,2-3H2,1H3,(H,20,21). The number of aliphatic carboxylic acids is 1. The Labute approximate surface area is 134 Å². The molecule has 2 unspecified atom stereocenters. The number of carboxylic acid groups (broad SMARTS) is 1. The number of fused-ring (bicyclic) bond motifs is 1. The zero-order chi connectivity index (χ0) is 15.7. The molecular formula is C18H17ClO3. The lowest BCUT2D eigenvalue weighted by atomic mass is 9.90. The first-order valence-electron chi connectivity index (χ1n) is 7.39. The summed E-state index contributed by atoms with van der Waals surface area (Å²) in [5, 5.41) is 10.0. The number of hydrogen-bond acceptors (Lipinski definition) is 2. The predicted octanol–water partition coefficient (Wildman–Crippen LogP) is 4.74. The number of halogens is 1. The summed E-state index contributed by atoms with van der Waals surface area (Å²) >= 11 is 5.91. The normalized spacial score (nSPS) is 19.5. The fraction of sp³-hybridized carbons (Fsp3) is 0.278. The number of rotatable bonds is 4. The lowest BCUT2D eigenvalue weighted by molar-refractivity contribution is -0.145. The first-order chi connectivity index (χ1) is 10.6. The van der Waals surface area contributed by atoms with Gasteiger partial charge in [-0.25, -0.2) is 4.79 Å². The first-order valence-corrected chi connectivity index (χ1v) is 7.77. The summed E-state index contributed by atoms with van der Waals surface area (Å²) < 4.78 is 5.69. The summed E-state index contributed by atoms with van der Waals surface area (Å²) in [6.45, 7) is 2.05. The number of benzene rings is 2. The van der Waals surface area contributed by atoms with Crippen LogP contribution in [0.25, 0.3) is 11.1 Å². The van der Waals surface area contributed by atoms with Crippen molar-refractivity contribution in [3.8, 4) is 16.9 Å². The van der Waals surface area contributed by atoms with Gasteiger partial charge >= 0.3 is 5.97 Å². The van der Waals surface area contributed by atoms with E-state index in [0.717, 1.165) is 29.5 Å². The summed E-state index contributed by atoms with van der Waals surface area (Å²) in [7, 11) is 0. The van der Waals surface area contributed by atoms with Gasteiger partial charge in [-0.3, -0.25) is 0 Å². The maximum Gasteiger partial charge on any atom is 0.345 e. The van der Waals surface area contributed by atoms with Crippen molar-refractivity contribution < 1.29 is 14.6 Å². The number of carbonyl (C=O) groups is 1. The van der Waals surface area contributed by atoms with E-state index in [1.807, 2.05) is 42.5 Å². The van der Waals surface area contributed by atoms with E-state index in [1.54, 1.807) is 0 Å². The maximum absolute atomic E-state index is 11.4. The Kier molecular flexibility index (Phi) is 4.08. The van der Waals surface area contributed by atoms with Gasteiger partial charge in [0, 0.05) is 16.5 Å². The van der Waals surface area contributed by atoms with E-state index in [0.29, 0.717) is 10.8 Å². The summed E-state index contributed by atoms with van der Waals surface area (Å²) in [6, 6.07) is 13.5. The second kappa shape index (κ2) is 6.01.